The van der Waals surface area contributed by atoms with Crippen molar-refractivity contribution in [2.75, 3.05) is 24.4 Å². The molecule has 104 valence electrons. The molecule has 0 aromatic heterocycles. The molecule has 6 heteroatoms. The Kier molecular flexibility index (Phi) is 5.98. The Morgan fingerprint density at radius 3 is 2.05 bits per heavy atom. The molecule has 6 nitrogen and oxygen atoms in total. The third kappa shape index (κ3) is 5.98. The molecule has 0 heterocycles. The zero-order valence-electron chi connectivity index (χ0n) is 11.1. The Labute approximate surface area is 112 Å². The van der Waals surface area contributed by atoms with Gasteiger partial charge in [-0.15, -0.1) is 0 Å². The van der Waals surface area contributed by atoms with Crippen molar-refractivity contribution in [3.8, 4) is 0 Å². The molecular formula is C13H19N3O3. The molecule has 0 aliphatic rings. The number of hydrogen-bond donors (Lipinski definition) is 3. The summed E-state index contributed by atoms with van der Waals surface area (Å²) in [4.78, 5) is 22.8. The van der Waals surface area contributed by atoms with E-state index in [1.165, 1.54) is 7.11 Å². The van der Waals surface area contributed by atoms with Gasteiger partial charge < -0.3 is 21.1 Å². The predicted octanol–water partition coefficient (Wildman–Crippen LogP) is 0.947. The van der Waals surface area contributed by atoms with Crippen LogP contribution in [0.4, 0.5) is 11.4 Å². The number of amides is 2. The fourth-order valence-corrected chi connectivity index (χ4v) is 1.47. The van der Waals surface area contributed by atoms with E-state index in [1.54, 1.807) is 31.2 Å². The summed E-state index contributed by atoms with van der Waals surface area (Å²) in [6.07, 6.45) is 0.270. The van der Waals surface area contributed by atoms with Gasteiger partial charge in [0.15, 0.2) is 0 Å². The highest BCUT2D eigenvalue weighted by Crippen LogP contribution is 2.13. The minimum atomic E-state index is -0.226. The highest BCUT2D eigenvalue weighted by molar-refractivity contribution is 5.93. The molecule has 0 aliphatic heterocycles. The maximum absolute atomic E-state index is 11.5. The zero-order chi connectivity index (χ0) is 14.3. The van der Waals surface area contributed by atoms with E-state index in [0.29, 0.717) is 11.4 Å². The number of hydrogen-bond acceptors (Lipinski definition) is 4. The van der Waals surface area contributed by atoms with Gasteiger partial charge >= 0.3 is 0 Å². The first kappa shape index (κ1) is 15.1. The molecule has 0 spiro atoms. The van der Waals surface area contributed by atoms with Gasteiger partial charge in [-0.1, -0.05) is 0 Å². The number of ether oxygens (including phenoxy) is 1. The minimum Gasteiger partial charge on any atom is -0.375 e. The highest BCUT2D eigenvalue weighted by Gasteiger charge is 2.06. The number of rotatable bonds is 6. The summed E-state index contributed by atoms with van der Waals surface area (Å²) in [6.45, 7) is 1.78. The molecule has 1 atom stereocenters. The third-order valence-electron chi connectivity index (χ3n) is 2.24. The number of carbonyl (C=O) groups excluding carboxylic acids is 2. The van der Waals surface area contributed by atoms with Gasteiger partial charge in [-0.05, 0) is 31.2 Å². The van der Waals surface area contributed by atoms with Gasteiger partial charge in [0.05, 0.1) is 0 Å². The Balaban J connectivity index is 2.52. The lowest BCUT2D eigenvalue weighted by Gasteiger charge is -2.08. The van der Waals surface area contributed by atoms with E-state index in [9.17, 15) is 9.59 Å². The summed E-state index contributed by atoms with van der Waals surface area (Å²) >= 11 is 0. The van der Waals surface area contributed by atoms with Crippen LogP contribution >= 0.6 is 0 Å². The molecule has 1 rings (SSSR count). The smallest absolute Gasteiger partial charge is 0.250 e. The van der Waals surface area contributed by atoms with Gasteiger partial charge in [-0.2, -0.15) is 0 Å². The Hall–Kier alpha value is -1.92. The number of benzene rings is 1. The maximum atomic E-state index is 11.5. The average molecular weight is 265 g/mol. The van der Waals surface area contributed by atoms with Gasteiger partial charge in [0, 0.05) is 30.9 Å². The summed E-state index contributed by atoms with van der Waals surface area (Å²) in [5, 5.41) is 5.38. The Morgan fingerprint density at radius 2 is 1.63 bits per heavy atom. The second kappa shape index (κ2) is 7.50. The first-order valence-electron chi connectivity index (χ1n) is 5.95. The fourth-order valence-electron chi connectivity index (χ4n) is 1.47. The standard InChI is InChI=1S/C13H19N3O3/c1-9(14)7-12(17)15-10-3-5-11(6-4-10)16-13(18)8-19-2/h3-6,9H,7-8,14H2,1-2H3,(H,15,17)(H,16,18). The van der Waals surface area contributed by atoms with E-state index < -0.39 is 0 Å². The van der Waals surface area contributed by atoms with E-state index >= 15 is 0 Å². The average Bonchev–Trinajstić information content (AvgIpc) is 2.31. The first-order chi connectivity index (χ1) is 9.01. The van der Waals surface area contributed by atoms with Crippen molar-refractivity contribution in [3.63, 3.8) is 0 Å². The van der Waals surface area contributed by atoms with Crippen LogP contribution in [-0.2, 0) is 14.3 Å². The van der Waals surface area contributed by atoms with Crippen LogP contribution in [0.25, 0.3) is 0 Å². The van der Waals surface area contributed by atoms with Crippen LogP contribution in [0.15, 0.2) is 24.3 Å². The van der Waals surface area contributed by atoms with Gasteiger partial charge in [0.25, 0.3) is 0 Å². The molecular weight excluding hydrogens is 246 g/mol. The third-order valence-corrected chi connectivity index (χ3v) is 2.24. The predicted molar refractivity (Wildman–Crippen MR) is 73.8 cm³/mol. The van der Waals surface area contributed by atoms with Crippen molar-refractivity contribution >= 4 is 23.2 Å². The van der Waals surface area contributed by atoms with Crippen LogP contribution in [0.2, 0.25) is 0 Å². The van der Waals surface area contributed by atoms with Crippen molar-refractivity contribution in [1.29, 1.82) is 0 Å². The molecule has 0 saturated heterocycles. The number of methoxy groups -OCH3 is 1. The van der Waals surface area contributed by atoms with Gasteiger partial charge in [-0.25, -0.2) is 0 Å². The van der Waals surface area contributed by atoms with E-state index in [0.717, 1.165) is 0 Å². The quantitative estimate of drug-likeness (QED) is 0.713. The second-order valence-corrected chi connectivity index (χ2v) is 4.29. The number of nitrogens with one attached hydrogen (secondary N) is 2. The number of nitrogens with two attached hydrogens (primary N) is 1. The van der Waals surface area contributed by atoms with Gasteiger partial charge in [0.1, 0.15) is 6.61 Å². The molecule has 1 unspecified atom stereocenters. The summed E-state index contributed by atoms with van der Waals surface area (Å²) < 4.78 is 4.71. The van der Waals surface area contributed by atoms with E-state index in [1.807, 2.05) is 0 Å². The molecule has 1 aromatic rings. The highest BCUT2D eigenvalue weighted by atomic mass is 16.5. The monoisotopic (exact) mass is 265 g/mol. The lowest BCUT2D eigenvalue weighted by Crippen LogP contribution is -2.24. The molecule has 4 N–H and O–H groups in total. The molecule has 0 bridgehead atoms. The van der Waals surface area contributed by atoms with E-state index in [-0.39, 0.29) is 30.9 Å². The summed E-state index contributed by atoms with van der Waals surface area (Å²) in [5.74, 6) is -0.359. The van der Waals surface area contributed by atoms with Crippen LogP contribution in [0.3, 0.4) is 0 Å². The molecule has 2 amide bonds. The van der Waals surface area contributed by atoms with Crippen LogP contribution < -0.4 is 16.4 Å². The van der Waals surface area contributed by atoms with Gasteiger partial charge in [0.2, 0.25) is 11.8 Å². The SMILES string of the molecule is COCC(=O)Nc1ccc(NC(=O)CC(C)N)cc1. The molecule has 0 saturated carbocycles. The maximum Gasteiger partial charge on any atom is 0.250 e. The van der Waals surface area contributed by atoms with Crippen molar-refractivity contribution in [3.05, 3.63) is 24.3 Å². The van der Waals surface area contributed by atoms with Crippen LogP contribution in [0.1, 0.15) is 13.3 Å². The second-order valence-electron chi connectivity index (χ2n) is 4.29. The van der Waals surface area contributed by atoms with Crippen molar-refractivity contribution < 1.29 is 14.3 Å². The topological polar surface area (TPSA) is 93.5 Å². The lowest BCUT2D eigenvalue weighted by atomic mass is 10.2. The summed E-state index contributed by atoms with van der Waals surface area (Å²) in [5.41, 5.74) is 6.84. The zero-order valence-corrected chi connectivity index (χ0v) is 11.1. The van der Waals surface area contributed by atoms with Crippen molar-refractivity contribution in [2.45, 2.75) is 19.4 Å². The lowest BCUT2D eigenvalue weighted by molar-refractivity contribution is -0.119. The van der Waals surface area contributed by atoms with E-state index in [4.69, 9.17) is 10.5 Å². The number of carbonyl (C=O) groups is 2. The molecule has 19 heavy (non-hydrogen) atoms. The Morgan fingerprint density at radius 1 is 1.16 bits per heavy atom. The van der Waals surface area contributed by atoms with Crippen LogP contribution in [0, 0.1) is 0 Å². The summed E-state index contributed by atoms with van der Waals surface area (Å²) in [6, 6.07) is 6.65. The largest absolute Gasteiger partial charge is 0.375 e. The Bertz CT molecular complexity index is 429. The summed E-state index contributed by atoms with van der Waals surface area (Å²) in [7, 11) is 1.46. The van der Waals surface area contributed by atoms with Gasteiger partial charge in [-0.3, -0.25) is 9.59 Å². The van der Waals surface area contributed by atoms with Crippen LogP contribution in [-0.4, -0.2) is 31.6 Å². The number of anilines is 2. The normalized spacial score (nSPS) is 11.7. The van der Waals surface area contributed by atoms with E-state index in [2.05, 4.69) is 10.6 Å². The van der Waals surface area contributed by atoms with Crippen molar-refractivity contribution in [1.82, 2.24) is 0 Å². The molecule has 0 radical (unpaired) electrons. The molecule has 0 fully saturated rings. The molecule has 1 aromatic carbocycles. The minimum absolute atomic E-state index is 0.00682. The molecule has 0 aliphatic carbocycles. The first-order valence-corrected chi connectivity index (χ1v) is 5.95. The van der Waals surface area contributed by atoms with Crippen molar-refractivity contribution in [2.24, 2.45) is 5.73 Å². The fraction of sp³-hybridized carbons (Fsp3) is 0.385. The van der Waals surface area contributed by atoms with Crippen LogP contribution in [0.5, 0.6) is 0 Å².